The summed E-state index contributed by atoms with van der Waals surface area (Å²) in [5.74, 6) is 3.89. The summed E-state index contributed by atoms with van der Waals surface area (Å²) in [6, 6.07) is 6.44. The minimum Gasteiger partial charge on any atom is -0.478 e. The molecule has 3 N–H and O–H groups in total. The zero-order chi connectivity index (χ0) is 8.97. The third-order valence-electron chi connectivity index (χ3n) is 1.42. The molecule has 0 radical (unpaired) electrons. The summed E-state index contributed by atoms with van der Waals surface area (Å²) < 4.78 is 0. The molecular weight excluding hydrogens is 158 g/mol. The fraction of sp³-hybridized carbons (Fsp3) is 0.125. The molecule has 0 spiro atoms. The second-order valence-electron chi connectivity index (χ2n) is 2.32. The Labute approximate surface area is 69.5 Å². The fourth-order valence-corrected chi connectivity index (χ4v) is 0.890. The van der Waals surface area contributed by atoms with Gasteiger partial charge < -0.3 is 5.11 Å². The van der Waals surface area contributed by atoms with Crippen LogP contribution in [-0.4, -0.2) is 11.1 Å². The lowest BCUT2D eigenvalue weighted by Crippen LogP contribution is -2.01. The minimum absolute atomic E-state index is 0.223. The van der Waals surface area contributed by atoms with Crippen molar-refractivity contribution in [2.75, 3.05) is 0 Å². The van der Waals surface area contributed by atoms with Crippen molar-refractivity contribution in [3.05, 3.63) is 35.4 Å². The molecule has 64 valence electrons. The Morgan fingerprint density at radius 2 is 2.33 bits per heavy atom. The van der Waals surface area contributed by atoms with Gasteiger partial charge in [0.05, 0.1) is 12.2 Å². The molecule has 1 rings (SSSR count). The number of nitrogens with two attached hydrogens (primary N) is 1. The number of hydrogen-bond donors (Lipinski definition) is 2. The topological polar surface area (TPSA) is 72.5 Å². The molecule has 0 atom stereocenters. The van der Waals surface area contributed by atoms with E-state index in [-0.39, 0.29) is 12.2 Å². The first-order valence-corrected chi connectivity index (χ1v) is 3.38. The Balaban J connectivity index is 2.88. The first kappa shape index (κ1) is 8.70. The molecule has 0 unspecified atom stereocenters. The van der Waals surface area contributed by atoms with Gasteiger partial charge in [0, 0.05) is 0 Å². The standard InChI is InChI=1S/C8H9NO3/c9-12-5-6-2-1-3-7(4-6)8(10)11/h1-4H,5,9H2,(H,10,11). The molecule has 4 nitrogen and oxygen atoms in total. The maximum absolute atomic E-state index is 10.5. The van der Waals surface area contributed by atoms with E-state index in [9.17, 15) is 4.79 Å². The van der Waals surface area contributed by atoms with Crippen LogP contribution in [0.25, 0.3) is 0 Å². The molecule has 12 heavy (non-hydrogen) atoms. The van der Waals surface area contributed by atoms with Gasteiger partial charge in [0.2, 0.25) is 0 Å². The Hall–Kier alpha value is -1.39. The van der Waals surface area contributed by atoms with Crippen molar-refractivity contribution in [1.29, 1.82) is 0 Å². The summed E-state index contributed by atoms with van der Waals surface area (Å²) >= 11 is 0. The number of carboxylic acids is 1. The van der Waals surface area contributed by atoms with Crippen LogP contribution < -0.4 is 5.90 Å². The molecule has 0 aliphatic carbocycles. The monoisotopic (exact) mass is 167 g/mol. The molecule has 0 saturated carbocycles. The molecule has 1 aromatic rings. The van der Waals surface area contributed by atoms with E-state index in [4.69, 9.17) is 11.0 Å². The van der Waals surface area contributed by atoms with Crippen molar-refractivity contribution in [1.82, 2.24) is 0 Å². The van der Waals surface area contributed by atoms with Gasteiger partial charge in [-0.2, -0.15) is 0 Å². The predicted molar refractivity (Wildman–Crippen MR) is 42.4 cm³/mol. The van der Waals surface area contributed by atoms with E-state index in [1.807, 2.05) is 0 Å². The molecule has 0 amide bonds. The van der Waals surface area contributed by atoms with E-state index in [2.05, 4.69) is 4.84 Å². The molecule has 1 aromatic carbocycles. The van der Waals surface area contributed by atoms with Gasteiger partial charge in [-0.3, -0.25) is 4.84 Å². The number of hydrogen-bond acceptors (Lipinski definition) is 3. The molecule has 0 aliphatic rings. The smallest absolute Gasteiger partial charge is 0.335 e. The zero-order valence-corrected chi connectivity index (χ0v) is 6.36. The van der Waals surface area contributed by atoms with E-state index in [1.54, 1.807) is 12.1 Å². The number of aromatic carboxylic acids is 1. The average molecular weight is 167 g/mol. The van der Waals surface area contributed by atoms with Crippen molar-refractivity contribution in [2.45, 2.75) is 6.61 Å². The maximum atomic E-state index is 10.5. The van der Waals surface area contributed by atoms with Crippen molar-refractivity contribution >= 4 is 5.97 Å². The van der Waals surface area contributed by atoms with Crippen LogP contribution in [0.15, 0.2) is 24.3 Å². The number of carboxylic acid groups (broad SMARTS) is 1. The highest BCUT2D eigenvalue weighted by molar-refractivity contribution is 5.87. The lowest BCUT2D eigenvalue weighted by molar-refractivity contribution is 0.0696. The summed E-state index contributed by atoms with van der Waals surface area (Å²) in [4.78, 5) is 14.9. The SMILES string of the molecule is NOCc1cccc(C(=O)O)c1. The summed E-state index contributed by atoms with van der Waals surface area (Å²) in [6.07, 6.45) is 0. The van der Waals surface area contributed by atoms with Gasteiger partial charge in [0.1, 0.15) is 0 Å². The van der Waals surface area contributed by atoms with E-state index in [0.717, 1.165) is 5.56 Å². The molecule has 0 bridgehead atoms. The Morgan fingerprint density at radius 3 is 2.92 bits per heavy atom. The van der Waals surface area contributed by atoms with Crippen LogP contribution in [0.4, 0.5) is 0 Å². The average Bonchev–Trinajstić information content (AvgIpc) is 2.05. The van der Waals surface area contributed by atoms with Crippen LogP contribution in [0.3, 0.4) is 0 Å². The molecule has 0 fully saturated rings. The van der Waals surface area contributed by atoms with Crippen LogP contribution in [0.1, 0.15) is 15.9 Å². The van der Waals surface area contributed by atoms with Crippen LogP contribution in [0.2, 0.25) is 0 Å². The highest BCUT2D eigenvalue weighted by atomic mass is 16.6. The largest absolute Gasteiger partial charge is 0.478 e. The van der Waals surface area contributed by atoms with Crippen LogP contribution in [-0.2, 0) is 11.4 Å². The molecule has 0 aliphatic heterocycles. The van der Waals surface area contributed by atoms with E-state index < -0.39 is 5.97 Å². The summed E-state index contributed by atoms with van der Waals surface area (Å²) in [5, 5.41) is 8.61. The van der Waals surface area contributed by atoms with Crippen LogP contribution in [0, 0.1) is 0 Å². The minimum atomic E-state index is -0.950. The fourth-order valence-electron chi connectivity index (χ4n) is 0.890. The Kier molecular flexibility index (Phi) is 2.79. The van der Waals surface area contributed by atoms with Gasteiger partial charge in [0.25, 0.3) is 0 Å². The van der Waals surface area contributed by atoms with Crippen molar-refractivity contribution < 1.29 is 14.7 Å². The van der Waals surface area contributed by atoms with Gasteiger partial charge in [-0.25, -0.2) is 10.7 Å². The third-order valence-corrected chi connectivity index (χ3v) is 1.42. The number of benzene rings is 1. The second kappa shape index (κ2) is 3.85. The zero-order valence-electron chi connectivity index (χ0n) is 6.36. The van der Waals surface area contributed by atoms with Gasteiger partial charge in [-0.1, -0.05) is 12.1 Å². The van der Waals surface area contributed by atoms with E-state index in [1.165, 1.54) is 12.1 Å². The summed E-state index contributed by atoms with van der Waals surface area (Å²) in [5.41, 5.74) is 0.988. The number of rotatable bonds is 3. The first-order chi connectivity index (χ1) is 5.74. The molecular formula is C8H9NO3. The lowest BCUT2D eigenvalue weighted by atomic mass is 10.1. The highest BCUT2D eigenvalue weighted by Gasteiger charge is 2.02. The Bertz CT molecular complexity index is 285. The van der Waals surface area contributed by atoms with Gasteiger partial charge in [0.15, 0.2) is 0 Å². The highest BCUT2D eigenvalue weighted by Crippen LogP contribution is 2.05. The van der Waals surface area contributed by atoms with Crippen LogP contribution >= 0.6 is 0 Å². The van der Waals surface area contributed by atoms with Crippen LogP contribution in [0.5, 0.6) is 0 Å². The second-order valence-corrected chi connectivity index (χ2v) is 2.32. The lowest BCUT2D eigenvalue weighted by Gasteiger charge is -1.99. The van der Waals surface area contributed by atoms with Gasteiger partial charge in [-0.05, 0) is 17.7 Å². The quantitative estimate of drug-likeness (QED) is 0.652. The first-order valence-electron chi connectivity index (χ1n) is 3.38. The Morgan fingerprint density at radius 1 is 1.58 bits per heavy atom. The van der Waals surface area contributed by atoms with Gasteiger partial charge in [-0.15, -0.1) is 0 Å². The van der Waals surface area contributed by atoms with Crippen molar-refractivity contribution in [3.63, 3.8) is 0 Å². The molecule has 0 heterocycles. The summed E-state index contributed by atoms with van der Waals surface area (Å²) in [6.45, 7) is 0.223. The van der Waals surface area contributed by atoms with E-state index in [0.29, 0.717) is 0 Å². The molecule has 0 saturated heterocycles. The van der Waals surface area contributed by atoms with Crippen molar-refractivity contribution in [2.24, 2.45) is 5.90 Å². The molecule has 4 heteroatoms. The van der Waals surface area contributed by atoms with Crippen molar-refractivity contribution in [3.8, 4) is 0 Å². The normalized spacial score (nSPS) is 9.75. The van der Waals surface area contributed by atoms with Gasteiger partial charge >= 0.3 is 5.97 Å². The summed E-state index contributed by atoms with van der Waals surface area (Å²) in [7, 11) is 0. The third kappa shape index (κ3) is 2.05. The van der Waals surface area contributed by atoms with E-state index >= 15 is 0 Å². The number of carbonyl (C=O) groups is 1. The maximum Gasteiger partial charge on any atom is 0.335 e. The predicted octanol–water partition coefficient (Wildman–Crippen LogP) is 0.775. The molecule has 0 aromatic heterocycles.